The van der Waals surface area contributed by atoms with Crippen molar-refractivity contribution in [1.82, 2.24) is 15.1 Å². The summed E-state index contributed by atoms with van der Waals surface area (Å²) >= 11 is 1.77. The number of hydrogen-bond acceptors (Lipinski definition) is 4. The molecule has 1 amide bonds. The number of rotatable bonds is 4. The number of piperidine rings is 2. The highest BCUT2D eigenvalue weighted by Gasteiger charge is 2.47. The molecule has 4 nitrogen and oxygen atoms in total. The third-order valence-electron chi connectivity index (χ3n) is 5.67. The van der Waals surface area contributed by atoms with E-state index in [4.69, 9.17) is 0 Å². The fraction of sp³-hybridized carbons (Fsp3) is 0.941. The van der Waals surface area contributed by atoms with Gasteiger partial charge < -0.3 is 15.1 Å². The molecular formula is C17H31N3OS. The van der Waals surface area contributed by atoms with Gasteiger partial charge in [0.1, 0.15) is 4.75 Å². The lowest BCUT2D eigenvalue weighted by Crippen LogP contribution is -2.52. The summed E-state index contributed by atoms with van der Waals surface area (Å²) in [6, 6.07) is 1.85. The molecule has 1 unspecified atom stereocenters. The predicted octanol–water partition coefficient (Wildman–Crippen LogP) is 1.95. The highest BCUT2D eigenvalue weighted by Crippen LogP contribution is 2.44. The van der Waals surface area contributed by atoms with Gasteiger partial charge in [0.05, 0.1) is 0 Å². The topological polar surface area (TPSA) is 35.6 Å². The fourth-order valence-corrected chi connectivity index (χ4v) is 4.29. The molecule has 0 radical (unpaired) electrons. The second kappa shape index (κ2) is 6.70. The zero-order valence-corrected chi connectivity index (χ0v) is 15.1. The molecule has 22 heavy (non-hydrogen) atoms. The molecule has 3 aliphatic heterocycles. The first-order chi connectivity index (χ1) is 10.5. The Morgan fingerprint density at radius 1 is 1.14 bits per heavy atom. The van der Waals surface area contributed by atoms with Gasteiger partial charge >= 0.3 is 0 Å². The van der Waals surface area contributed by atoms with Crippen molar-refractivity contribution in [2.45, 2.75) is 69.3 Å². The van der Waals surface area contributed by atoms with E-state index in [9.17, 15) is 4.79 Å². The highest BCUT2D eigenvalue weighted by atomic mass is 32.2. The van der Waals surface area contributed by atoms with E-state index < -0.39 is 0 Å². The molecule has 0 saturated carbocycles. The molecule has 3 rings (SSSR count). The Labute approximate surface area is 139 Å². The van der Waals surface area contributed by atoms with Crippen molar-refractivity contribution in [2.24, 2.45) is 0 Å². The Balaban J connectivity index is 1.40. The van der Waals surface area contributed by atoms with Gasteiger partial charge in [-0.1, -0.05) is 0 Å². The van der Waals surface area contributed by atoms with Gasteiger partial charge in [0.25, 0.3) is 0 Å². The quantitative estimate of drug-likeness (QED) is 0.802. The maximum Gasteiger partial charge on any atom is 0.237 e. The molecular weight excluding hydrogens is 294 g/mol. The molecule has 0 aromatic carbocycles. The zero-order valence-electron chi connectivity index (χ0n) is 14.3. The standard InChI is InChI=1S/C17H31N3OS/c1-13(2)19-10-6-15(7-11-19)20-8-4-14(5-9-20)18-16(21)17(3)12-22-17/h13-15H,4-12H2,1-3H3,(H,18,21). The van der Waals surface area contributed by atoms with Crippen LogP contribution in [0.5, 0.6) is 0 Å². The number of carbonyl (C=O) groups excluding carboxylic acids is 1. The molecule has 1 atom stereocenters. The largest absolute Gasteiger partial charge is 0.352 e. The minimum Gasteiger partial charge on any atom is -0.352 e. The van der Waals surface area contributed by atoms with Crippen LogP contribution in [0.25, 0.3) is 0 Å². The Bertz CT molecular complexity index is 395. The van der Waals surface area contributed by atoms with Crippen LogP contribution in [0, 0.1) is 0 Å². The maximum absolute atomic E-state index is 12.1. The van der Waals surface area contributed by atoms with Crippen molar-refractivity contribution in [3.8, 4) is 0 Å². The summed E-state index contributed by atoms with van der Waals surface area (Å²) in [4.78, 5) is 17.4. The van der Waals surface area contributed by atoms with E-state index in [1.165, 1.54) is 25.9 Å². The van der Waals surface area contributed by atoms with E-state index in [1.807, 2.05) is 0 Å². The monoisotopic (exact) mass is 325 g/mol. The van der Waals surface area contributed by atoms with Crippen molar-refractivity contribution >= 4 is 17.7 Å². The smallest absolute Gasteiger partial charge is 0.237 e. The van der Waals surface area contributed by atoms with Crippen LogP contribution in [0.2, 0.25) is 0 Å². The molecule has 3 aliphatic rings. The lowest BCUT2D eigenvalue weighted by molar-refractivity contribution is -0.122. The number of nitrogens with zero attached hydrogens (tertiary/aromatic N) is 2. The Kier molecular flexibility index (Phi) is 5.05. The van der Waals surface area contributed by atoms with E-state index in [1.54, 1.807) is 11.8 Å². The van der Waals surface area contributed by atoms with Crippen LogP contribution in [0.15, 0.2) is 0 Å². The Morgan fingerprint density at radius 2 is 1.73 bits per heavy atom. The molecule has 3 heterocycles. The van der Waals surface area contributed by atoms with Crippen molar-refractivity contribution < 1.29 is 4.79 Å². The third-order valence-corrected chi connectivity index (χ3v) is 7.01. The number of likely N-dealkylation sites (tertiary alicyclic amines) is 2. The van der Waals surface area contributed by atoms with Gasteiger partial charge in [-0.05, 0) is 59.5 Å². The van der Waals surface area contributed by atoms with Gasteiger partial charge in [-0.2, -0.15) is 0 Å². The average molecular weight is 326 g/mol. The number of nitrogens with one attached hydrogen (secondary N) is 1. The van der Waals surface area contributed by atoms with E-state index in [0.717, 1.165) is 37.7 Å². The third kappa shape index (κ3) is 3.80. The first kappa shape index (κ1) is 16.6. The minimum atomic E-state index is -0.110. The molecule has 0 aliphatic carbocycles. The van der Waals surface area contributed by atoms with E-state index in [0.29, 0.717) is 12.1 Å². The van der Waals surface area contributed by atoms with Crippen LogP contribution in [-0.4, -0.2) is 70.5 Å². The summed E-state index contributed by atoms with van der Waals surface area (Å²) in [7, 11) is 0. The van der Waals surface area contributed by atoms with Gasteiger partial charge in [-0.25, -0.2) is 0 Å². The van der Waals surface area contributed by atoms with Gasteiger partial charge in [-0.3, -0.25) is 4.79 Å². The molecule has 1 N–H and O–H groups in total. The molecule has 5 heteroatoms. The maximum atomic E-state index is 12.1. The molecule has 0 spiro atoms. The van der Waals surface area contributed by atoms with Crippen LogP contribution in [0.3, 0.4) is 0 Å². The van der Waals surface area contributed by atoms with Crippen LogP contribution in [-0.2, 0) is 4.79 Å². The first-order valence-electron chi connectivity index (χ1n) is 8.91. The summed E-state index contributed by atoms with van der Waals surface area (Å²) < 4.78 is -0.110. The summed E-state index contributed by atoms with van der Waals surface area (Å²) in [5, 5.41) is 3.27. The summed E-state index contributed by atoms with van der Waals surface area (Å²) in [5.74, 6) is 1.26. The molecule has 0 aromatic rings. The van der Waals surface area contributed by atoms with Gasteiger partial charge in [-0.15, -0.1) is 11.8 Å². The summed E-state index contributed by atoms with van der Waals surface area (Å²) in [6.07, 6.45) is 4.86. The minimum absolute atomic E-state index is 0.110. The van der Waals surface area contributed by atoms with E-state index >= 15 is 0 Å². The molecule has 0 bridgehead atoms. The second-order valence-electron chi connectivity index (χ2n) is 7.66. The first-order valence-corrected chi connectivity index (χ1v) is 9.89. The van der Waals surface area contributed by atoms with E-state index in [-0.39, 0.29) is 10.7 Å². The normalized spacial score (nSPS) is 32.4. The number of amides is 1. The van der Waals surface area contributed by atoms with Gasteiger partial charge in [0, 0.05) is 37.0 Å². The molecule has 126 valence electrons. The number of thioether (sulfide) groups is 1. The molecule has 0 aromatic heterocycles. The number of hydrogen-bond donors (Lipinski definition) is 1. The summed E-state index contributed by atoms with van der Waals surface area (Å²) in [6.45, 7) is 11.5. The van der Waals surface area contributed by atoms with Crippen molar-refractivity contribution in [3.63, 3.8) is 0 Å². The van der Waals surface area contributed by atoms with Crippen LogP contribution in [0.1, 0.15) is 46.5 Å². The van der Waals surface area contributed by atoms with Crippen LogP contribution in [0.4, 0.5) is 0 Å². The summed E-state index contributed by atoms with van der Waals surface area (Å²) in [5.41, 5.74) is 0. The molecule has 3 fully saturated rings. The Morgan fingerprint density at radius 3 is 2.23 bits per heavy atom. The fourth-order valence-electron chi connectivity index (χ4n) is 3.75. The second-order valence-corrected chi connectivity index (χ2v) is 9.14. The average Bonchev–Trinajstić information content (AvgIpc) is 3.27. The molecule has 3 saturated heterocycles. The van der Waals surface area contributed by atoms with Gasteiger partial charge in [0.2, 0.25) is 5.91 Å². The van der Waals surface area contributed by atoms with Crippen molar-refractivity contribution in [3.05, 3.63) is 0 Å². The van der Waals surface area contributed by atoms with Gasteiger partial charge in [0.15, 0.2) is 0 Å². The lowest BCUT2D eigenvalue weighted by atomic mass is 9.97. The lowest BCUT2D eigenvalue weighted by Gasteiger charge is -2.43. The van der Waals surface area contributed by atoms with E-state index in [2.05, 4.69) is 35.9 Å². The van der Waals surface area contributed by atoms with Crippen molar-refractivity contribution in [2.75, 3.05) is 31.9 Å². The predicted molar refractivity (Wildman–Crippen MR) is 93.3 cm³/mol. The zero-order chi connectivity index (χ0) is 15.7. The number of carbonyl (C=O) groups is 1. The van der Waals surface area contributed by atoms with Crippen molar-refractivity contribution in [1.29, 1.82) is 0 Å². The van der Waals surface area contributed by atoms with Crippen LogP contribution < -0.4 is 5.32 Å². The SMILES string of the molecule is CC(C)N1CCC(N2CCC(NC(=O)C3(C)CS3)CC2)CC1. The highest BCUT2D eigenvalue weighted by molar-refractivity contribution is 8.08. The van der Waals surface area contributed by atoms with Crippen LogP contribution >= 0.6 is 11.8 Å². The Hall–Kier alpha value is -0.260.